The Morgan fingerprint density at radius 2 is 2.29 bits per heavy atom. The molecule has 4 aliphatic rings. The summed E-state index contributed by atoms with van der Waals surface area (Å²) < 4.78 is 11.9. The van der Waals surface area contributed by atoms with Crippen LogP contribution >= 0.6 is 0 Å². The fraction of sp³-hybridized carbons (Fsp3) is 0.647. The van der Waals surface area contributed by atoms with E-state index >= 15 is 0 Å². The Bertz CT molecular complexity index is 631. The minimum atomic E-state index is -0.668. The fourth-order valence-electron chi connectivity index (χ4n) is 5.59. The van der Waals surface area contributed by atoms with Gasteiger partial charge in [-0.25, -0.2) is 0 Å². The van der Waals surface area contributed by atoms with E-state index in [4.69, 9.17) is 9.47 Å². The number of hydrogen-bond donors (Lipinski definition) is 2. The first kappa shape index (κ1) is 12.3. The van der Waals surface area contributed by atoms with Crippen molar-refractivity contribution in [2.24, 2.45) is 0 Å². The Morgan fingerprint density at radius 1 is 1.38 bits per heavy atom. The highest BCUT2D eigenvalue weighted by Gasteiger charge is 2.69. The number of methoxy groups -OCH3 is 1. The predicted molar refractivity (Wildman–Crippen MR) is 78.0 cm³/mol. The molecule has 2 aliphatic carbocycles. The van der Waals surface area contributed by atoms with Crippen molar-refractivity contribution in [1.29, 1.82) is 0 Å². The van der Waals surface area contributed by atoms with Crippen molar-refractivity contribution in [3.05, 3.63) is 23.3 Å². The summed E-state index contributed by atoms with van der Waals surface area (Å²) in [6.07, 6.45) is 4.89. The molecule has 21 heavy (non-hydrogen) atoms. The van der Waals surface area contributed by atoms with Gasteiger partial charge in [0.2, 0.25) is 0 Å². The van der Waals surface area contributed by atoms with Gasteiger partial charge in [0.15, 0.2) is 11.5 Å². The summed E-state index contributed by atoms with van der Waals surface area (Å²) in [5.74, 6) is 1.72. The zero-order chi connectivity index (χ0) is 14.2. The van der Waals surface area contributed by atoms with Crippen LogP contribution in [0.25, 0.3) is 0 Å². The minimum Gasteiger partial charge on any atom is -0.493 e. The Hall–Kier alpha value is -1.26. The minimum absolute atomic E-state index is 0.103. The van der Waals surface area contributed by atoms with Gasteiger partial charge in [0, 0.05) is 11.6 Å². The molecule has 4 heteroatoms. The topological polar surface area (TPSA) is 50.7 Å². The molecule has 4 nitrogen and oxygen atoms in total. The van der Waals surface area contributed by atoms with Crippen LogP contribution in [0, 0.1) is 0 Å². The molecule has 4 atom stereocenters. The van der Waals surface area contributed by atoms with E-state index in [1.807, 2.05) is 6.07 Å². The molecule has 0 aromatic heterocycles. The summed E-state index contributed by atoms with van der Waals surface area (Å²) in [6.45, 7) is 0.961. The van der Waals surface area contributed by atoms with Gasteiger partial charge in [0.05, 0.1) is 18.1 Å². The molecule has 1 unspecified atom stereocenters. The lowest BCUT2D eigenvalue weighted by molar-refractivity contribution is -0.149. The molecule has 0 amide bonds. The summed E-state index contributed by atoms with van der Waals surface area (Å²) >= 11 is 0. The van der Waals surface area contributed by atoms with Gasteiger partial charge in [-0.15, -0.1) is 0 Å². The second-order valence-electron chi connectivity index (χ2n) is 6.99. The summed E-state index contributed by atoms with van der Waals surface area (Å²) in [5.41, 5.74) is 1.70. The Morgan fingerprint density at radius 3 is 3.14 bits per heavy atom. The first-order valence-corrected chi connectivity index (χ1v) is 8.03. The molecule has 1 saturated heterocycles. The van der Waals surface area contributed by atoms with Crippen LogP contribution in [-0.4, -0.2) is 36.5 Å². The van der Waals surface area contributed by atoms with Crippen molar-refractivity contribution >= 4 is 0 Å². The van der Waals surface area contributed by atoms with E-state index in [9.17, 15) is 5.11 Å². The number of aliphatic hydroxyl groups is 1. The molecule has 1 aromatic carbocycles. The highest BCUT2D eigenvalue weighted by molar-refractivity contribution is 5.62. The maximum Gasteiger partial charge on any atom is 0.165 e. The summed E-state index contributed by atoms with van der Waals surface area (Å²) in [4.78, 5) is 0. The average molecular weight is 287 g/mol. The third-order valence-corrected chi connectivity index (χ3v) is 6.39. The first-order chi connectivity index (χ1) is 10.2. The highest BCUT2D eigenvalue weighted by atomic mass is 16.5. The van der Waals surface area contributed by atoms with Crippen molar-refractivity contribution in [1.82, 2.24) is 5.32 Å². The van der Waals surface area contributed by atoms with Gasteiger partial charge in [-0.2, -0.15) is 0 Å². The van der Waals surface area contributed by atoms with Crippen LogP contribution in [0.2, 0.25) is 0 Å². The lowest BCUT2D eigenvalue weighted by Crippen LogP contribution is -2.74. The molecule has 2 aliphatic heterocycles. The molecule has 2 heterocycles. The molecule has 2 N–H and O–H groups in total. The summed E-state index contributed by atoms with van der Waals surface area (Å²) in [7, 11) is 1.70. The maximum absolute atomic E-state index is 11.6. The smallest absolute Gasteiger partial charge is 0.165 e. The van der Waals surface area contributed by atoms with Crippen molar-refractivity contribution in [3.63, 3.8) is 0 Å². The molecule has 1 spiro atoms. The molecule has 0 radical (unpaired) electrons. The predicted octanol–water partition coefficient (Wildman–Crippen LogP) is 1.53. The summed E-state index contributed by atoms with van der Waals surface area (Å²) in [6, 6.07) is 4.34. The molecule has 2 bridgehead atoms. The van der Waals surface area contributed by atoms with Gasteiger partial charge >= 0.3 is 0 Å². The van der Waals surface area contributed by atoms with Gasteiger partial charge in [0.25, 0.3) is 0 Å². The molecule has 1 aromatic rings. The SMILES string of the molecule is COc1ccc2c3c1O[C@H]1CCCC4(O)[C@@H](C2)NCC[C@]314. The largest absolute Gasteiger partial charge is 0.493 e. The van der Waals surface area contributed by atoms with E-state index in [1.54, 1.807) is 7.11 Å². The highest BCUT2D eigenvalue weighted by Crippen LogP contribution is 2.64. The monoisotopic (exact) mass is 287 g/mol. The number of nitrogens with one attached hydrogen (secondary N) is 1. The van der Waals surface area contributed by atoms with Gasteiger partial charge in [-0.1, -0.05) is 6.07 Å². The number of benzene rings is 1. The Labute approximate surface area is 124 Å². The normalized spacial score (nSPS) is 42.2. The van der Waals surface area contributed by atoms with E-state index < -0.39 is 5.60 Å². The molecule has 1 saturated carbocycles. The standard InChI is InChI=1S/C17H21NO3/c1-20-11-5-4-10-9-12-17(19)6-2-3-13-16(17,7-8-18-12)14(10)15(11)21-13/h4-5,12-13,18-19H,2-3,6-9H2,1H3/t12-,13+,16-,17?/m1/s1. The first-order valence-electron chi connectivity index (χ1n) is 8.03. The van der Waals surface area contributed by atoms with Crippen LogP contribution in [0.1, 0.15) is 36.8 Å². The third kappa shape index (κ3) is 1.18. The van der Waals surface area contributed by atoms with E-state index in [2.05, 4.69) is 11.4 Å². The Kier molecular flexibility index (Phi) is 2.19. The van der Waals surface area contributed by atoms with Crippen molar-refractivity contribution in [2.45, 2.75) is 55.3 Å². The molecule has 5 rings (SSSR count). The van der Waals surface area contributed by atoms with Crippen molar-refractivity contribution < 1.29 is 14.6 Å². The van der Waals surface area contributed by atoms with E-state index in [-0.39, 0.29) is 17.6 Å². The van der Waals surface area contributed by atoms with Crippen molar-refractivity contribution in [2.75, 3.05) is 13.7 Å². The quantitative estimate of drug-likeness (QED) is 0.822. The van der Waals surface area contributed by atoms with Crippen LogP contribution < -0.4 is 14.8 Å². The van der Waals surface area contributed by atoms with E-state index in [1.165, 1.54) is 11.1 Å². The fourth-order valence-corrected chi connectivity index (χ4v) is 5.59. The third-order valence-electron chi connectivity index (χ3n) is 6.39. The number of piperidine rings is 1. The van der Waals surface area contributed by atoms with Gasteiger partial charge in [-0.3, -0.25) is 0 Å². The number of rotatable bonds is 1. The van der Waals surface area contributed by atoms with Crippen LogP contribution in [0.5, 0.6) is 11.5 Å². The lowest BCUT2D eigenvalue weighted by Gasteiger charge is -2.60. The van der Waals surface area contributed by atoms with Gasteiger partial charge in [-0.05, 0) is 50.3 Å². The van der Waals surface area contributed by atoms with Crippen LogP contribution in [-0.2, 0) is 11.8 Å². The number of hydrogen-bond acceptors (Lipinski definition) is 4. The second-order valence-corrected chi connectivity index (χ2v) is 6.99. The van der Waals surface area contributed by atoms with Gasteiger partial charge < -0.3 is 19.9 Å². The van der Waals surface area contributed by atoms with Crippen molar-refractivity contribution in [3.8, 4) is 11.5 Å². The lowest BCUT2D eigenvalue weighted by atomic mass is 9.49. The zero-order valence-electron chi connectivity index (χ0n) is 12.3. The molecule has 112 valence electrons. The maximum atomic E-state index is 11.6. The van der Waals surface area contributed by atoms with Crippen LogP contribution in [0.3, 0.4) is 0 Å². The zero-order valence-corrected chi connectivity index (χ0v) is 12.3. The van der Waals surface area contributed by atoms with E-state index in [0.717, 1.165) is 50.1 Å². The number of ether oxygens (including phenoxy) is 2. The second kappa shape index (κ2) is 3.73. The summed E-state index contributed by atoms with van der Waals surface area (Å²) in [5, 5.41) is 15.2. The van der Waals surface area contributed by atoms with E-state index in [0.29, 0.717) is 0 Å². The average Bonchev–Trinajstić information content (AvgIpc) is 2.80. The van der Waals surface area contributed by atoms with Crippen LogP contribution in [0.4, 0.5) is 0 Å². The van der Waals surface area contributed by atoms with Crippen LogP contribution in [0.15, 0.2) is 12.1 Å². The molecular weight excluding hydrogens is 266 g/mol. The molecular formula is C17H21NO3. The Balaban J connectivity index is 1.85. The molecule has 2 fully saturated rings. The van der Waals surface area contributed by atoms with Gasteiger partial charge in [0.1, 0.15) is 6.10 Å².